The Kier molecular flexibility index (Phi) is 7.96. The van der Waals surface area contributed by atoms with Crippen LogP contribution in [0.5, 0.6) is 0 Å². The molecule has 33 heavy (non-hydrogen) atoms. The summed E-state index contributed by atoms with van der Waals surface area (Å²) in [5.41, 5.74) is 4.98. The van der Waals surface area contributed by atoms with E-state index in [1.807, 2.05) is 68.4 Å². The molecular formula is C27H26N2O4. The van der Waals surface area contributed by atoms with Crippen molar-refractivity contribution < 1.29 is 19.1 Å². The van der Waals surface area contributed by atoms with Gasteiger partial charge in [-0.05, 0) is 42.7 Å². The van der Waals surface area contributed by atoms with E-state index in [1.165, 1.54) is 6.08 Å². The van der Waals surface area contributed by atoms with Crippen LogP contribution in [0.3, 0.4) is 0 Å². The van der Waals surface area contributed by atoms with Crippen LogP contribution in [0.1, 0.15) is 27.3 Å². The SMILES string of the molecule is COCCn1c(C)cc(C=C(C#N)C(=O)OCC(=O)c2ccc(-c3ccccc3)cc2)c1C. The third kappa shape index (κ3) is 5.85. The van der Waals surface area contributed by atoms with Crippen LogP contribution in [0.15, 0.2) is 66.2 Å². The highest BCUT2D eigenvalue weighted by Crippen LogP contribution is 2.20. The lowest BCUT2D eigenvalue weighted by molar-refractivity contribution is -0.137. The predicted molar refractivity (Wildman–Crippen MR) is 127 cm³/mol. The summed E-state index contributed by atoms with van der Waals surface area (Å²) < 4.78 is 12.3. The number of esters is 1. The van der Waals surface area contributed by atoms with Gasteiger partial charge >= 0.3 is 5.97 Å². The molecule has 0 spiro atoms. The normalized spacial score (nSPS) is 11.2. The molecule has 168 valence electrons. The molecule has 3 rings (SSSR count). The molecule has 0 bridgehead atoms. The Hall–Kier alpha value is -3.95. The van der Waals surface area contributed by atoms with Crippen LogP contribution >= 0.6 is 0 Å². The van der Waals surface area contributed by atoms with Gasteiger partial charge in [0.25, 0.3) is 0 Å². The Balaban J connectivity index is 1.65. The van der Waals surface area contributed by atoms with E-state index < -0.39 is 12.6 Å². The number of ketones is 1. The Bertz CT molecular complexity index is 1200. The first-order chi connectivity index (χ1) is 15.9. The van der Waals surface area contributed by atoms with Gasteiger partial charge in [0, 0.05) is 30.6 Å². The number of carbonyl (C=O) groups excluding carboxylic acids is 2. The van der Waals surface area contributed by atoms with E-state index >= 15 is 0 Å². The summed E-state index contributed by atoms with van der Waals surface area (Å²) in [5, 5.41) is 9.46. The minimum absolute atomic E-state index is 0.158. The number of carbonyl (C=O) groups is 2. The second-order valence-electron chi connectivity index (χ2n) is 7.58. The van der Waals surface area contributed by atoms with Crippen molar-refractivity contribution in [3.63, 3.8) is 0 Å². The van der Waals surface area contributed by atoms with E-state index in [0.29, 0.717) is 18.7 Å². The summed E-state index contributed by atoms with van der Waals surface area (Å²) in [4.78, 5) is 24.9. The van der Waals surface area contributed by atoms with E-state index in [4.69, 9.17) is 9.47 Å². The van der Waals surface area contributed by atoms with Gasteiger partial charge in [0.1, 0.15) is 11.6 Å². The molecule has 0 amide bonds. The van der Waals surface area contributed by atoms with Crippen molar-refractivity contribution in [3.05, 3.63) is 88.8 Å². The Labute approximate surface area is 193 Å². The molecule has 1 heterocycles. The number of nitriles is 1. The zero-order valence-electron chi connectivity index (χ0n) is 19.0. The topological polar surface area (TPSA) is 81.3 Å². The van der Waals surface area contributed by atoms with Gasteiger partial charge in [-0.25, -0.2) is 4.79 Å². The largest absolute Gasteiger partial charge is 0.453 e. The summed E-state index contributed by atoms with van der Waals surface area (Å²) in [5.74, 6) is -1.16. The summed E-state index contributed by atoms with van der Waals surface area (Å²) in [7, 11) is 1.64. The van der Waals surface area contributed by atoms with E-state index in [9.17, 15) is 14.9 Å². The molecule has 0 aliphatic carbocycles. The Morgan fingerprint density at radius 1 is 1.03 bits per heavy atom. The molecule has 0 saturated heterocycles. The maximum absolute atomic E-state index is 12.5. The molecule has 0 atom stereocenters. The quantitative estimate of drug-likeness (QED) is 0.207. The molecule has 0 radical (unpaired) electrons. The van der Waals surface area contributed by atoms with Crippen LogP contribution < -0.4 is 0 Å². The number of hydrogen-bond donors (Lipinski definition) is 0. The van der Waals surface area contributed by atoms with Crippen molar-refractivity contribution in [1.29, 1.82) is 5.26 Å². The van der Waals surface area contributed by atoms with E-state index in [0.717, 1.165) is 28.1 Å². The standard InChI is InChI=1S/C27H26N2O4/c1-19-15-24(20(2)29(19)13-14-32-3)16-25(17-28)27(31)33-18-26(30)23-11-9-22(10-12-23)21-7-5-4-6-8-21/h4-12,15-16H,13-14,18H2,1-3H3. The molecular weight excluding hydrogens is 416 g/mol. The number of aryl methyl sites for hydroxylation is 1. The van der Waals surface area contributed by atoms with Crippen molar-refractivity contribution >= 4 is 17.8 Å². The lowest BCUT2D eigenvalue weighted by Crippen LogP contribution is -2.15. The molecule has 0 saturated carbocycles. The smallest absolute Gasteiger partial charge is 0.349 e. The molecule has 2 aromatic carbocycles. The molecule has 1 aromatic heterocycles. The van der Waals surface area contributed by atoms with Crippen LogP contribution in [0.2, 0.25) is 0 Å². The Morgan fingerprint density at radius 3 is 2.33 bits per heavy atom. The molecule has 6 heteroatoms. The van der Waals surface area contributed by atoms with Gasteiger partial charge in [-0.3, -0.25) is 4.79 Å². The van der Waals surface area contributed by atoms with Gasteiger partial charge in [0.15, 0.2) is 12.4 Å². The highest BCUT2D eigenvalue weighted by atomic mass is 16.5. The molecule has 6 nitrogen and oxygen atoms in total. The first-order valence-corrected chi connectivity index (χ1v) is 10.6. The Morgan fingerprint density at radius 2 is 1.70 bits per heavy atom. The number of methoxy groups -OCH3 is 1. The summed E-state index contributed by atoms with van der Waals surface area (Å²) in [6, 6.07) is 20.7. The molecule has 0 fully saturated rings. The first kappa shape index (κ1) is 23.7. The first-order valence-electron chi connectivity index (χ1n) is 10.6. The van der Waals surface area contributed by atoms with Crippen molar-refractivity contribution in [1.82, 2.24) is 4.57 Å². The lowest BCUT2D eigenvalue weighted by atomic mass is 10.0. The number of nitrogens with zero attached hydrogens (tertiary/aromatic N) is 2. The average molecular weight is 443 g/mol. The highest BCUT2D eigenvalue weighted by molar-refractivity contribution is 6.02. The van der Waals surface area contributed by atoms with Crippen molar-refractivity contribution in [2.24, 2.45) is 0 Å². The number of aromatic nitrogens is 1. The zero-order valence-corrected chi connectivity index (χ0v) is 19.0. The summed E-state index contributed by atoms with van der Waals surface area (Å²) in [6.07, 6.45) is 1.49. The van der Waals surface area contributed by atoms with Crippen LogP contribution in [0, 0.1) is 25.2 Å². The number of benzene rings is 2. The molecule has 0 aliphatic heterocycles. The van der Waals surface area contributed by atoms with E-state index in [2.05, 4.69) is 4.57 Å². The van der Waals surface area contributed by atoms with E-state index in [1.54, 1.807) is 19.2 Å². The molecule has 3 aromatic rings. The fourth-order valence-electron chi connectivity index (χ4n) is 3.56. The van der Waals surface area contributed by atoms with Gasteiger partial charge in [-0.1, -0.05) is 54.6 Å². The van der Waals surface area contributed by atoms with Crippen molar-refractivity contribution in [2.75, 3.05) is 20.3 Å². The summed E-state index contributed by atoms with van der Waals surface area (Å²) >= 11 is 0. The van der Waals surface area contributed by atoms with E-state index in [-0.39, 0.29) is 11.4 Å². The van der Waals surface area contributed by atoms with Crippen molar-refractivity contribution in [3.8, 4) is 17.2 Å². The zero-order chi connectivity index (χ0) is 23.8. The maximum Gasteiger partial charge on any atom is 0.349 e. The third-order valence-corrected chi connectivity index (χ3v) is 5.42. The summed E-state index contributed by atoms with van der Waals surface area (Å²) in [6.45, 7) is 4.66. The number of hydrogen-bond acceptors (Lipinski definition) is 5. The number of ether oxygens (including phenoxy) is 2. The number of rotatable bonds is 9. The van der Waals surface area contributed by atoms with Gasteiger partial charge in [0.05, 0.1) is 6.61 Å². The predicted octanol–water partition coefficient (Wildman–Crippen LogP) is 4.75. The minimum Gasteiger partial charge on any atom is -0.453 e. The fourth-order valence-corrected chi connectivity index (χ4v) is 3.56. The fraction of sp³-hybridized carbons (Fsp3) is 0.222. The van der Waals surface area contributed by atoms with Gasteiger partial charge in [0.2, 0.25) is 0 Å². The lowest BCUT2D eigenvalue weighted by Gasteiger charge is -2.08. The second kappa shape index (κ2) is 11.1. The average Bonchev–Trinajstić information content (AvgIpc) is 3.11. The molecule has 0 unspecified atom stereocenters. The third-order valence-electron chi connectivity index (χ3n) is 5.42. The number of Topliss-reactive ketones (excluding diaryl/α,β-unsaturated/α-hetero) is 1. The van der Waals surface area contributed by atoms with Crippen LogP contribution in [-0.4, -0.2) is 36.6 Å². The van der Waals surface area contributed by atoms with Crippen molar-refractivity contribution in [2.45, 2.75) is 20.4 Å². The second-order valence-corrected chi connectivity index (χ2v) is 7.58. The van der Waals surface area contributed by atoms with Crippen LogP contribution in [0.4, 0.5) is 0 Å². The maximum atomic E-state index is 12.5. The minimum atomic E-state index is -0.826. The van der Waals surface area contributed by atoms with Gasteiger partial charge < -0.3 is 14.0 Å². The van der Waals surface area contributed by atoms with Crippen LogP contribution in [0.25, 0.3) is 17.2 Å². The highest BCUT2D eigenvalue weighted by Gasteiger charge is 2.16. The van der Waals surface area contributed by atoms with Gasteiger partial charge in [-0.15, -0.1) is 0 Å². The molecule has 0 aliphatic rings. The molecule has 0 N–H and O–H groups in total. The monoisotopic (exact) mass is 442 g/mol. The van der Waals surface area contributed by atoms with Crippen LogP contribution in [-0.2, 0) is 20.8 Å². The van der Waals surface area contributed by atoms with Gasteiger partial charge in [-0.2, -0.15) is 5.26 Å².